The van der Waals surface area contributed by atoms with Gasteiger partial charge in [0.25, 0.3) is 0 Å². The van der Waals surface area contributed by atoms with Gasteiger partial charge in [-0.2, -0.15) is 0 Å². The Labute approximate surface area is 128 Å². The molecule has 0 heterocycles. The highest BCUT2D eigenvalue weighted by Crippen LogP contribution is 2.14. The maximum Gasteiger partial charge on any atom is 0.406 e. The van der Waals surface area contributed by atoms with Crippen LogP contribution in [0.5, 0.6) is 5.75 Å². The summed E-state index contributed by atoms with van der Waals surface area (Å²) in [4.78, 5) is 10.8. The van der Waals surface area contributed by atoms with Gasteiger partial charge in [-0.25, -0.2) is 4.79 Å². The van der Waals surface area contributed by atoms with Crippen molar-refractivity contribution in [1.82, 2.24) is 5.32 Å². The van der Waals surface area contributed by atoms with E-state index in [0.717, 1.165) is 38.0 Å². The van der Waals surface area contributed by atoms with Crippen LogP contribution in [0.15, 0.2) is 24.3 Å². The maximum atomic E-state index is 10.8. The van der Waals surface area contributed by atoms with Crippen LogP contribution in [0.3, 0.4) is 0 Å². The van der Waals surface area contributed by atoms with E-state index in [2.05, 4.69) is 27.9 Å². The third kappa shape index (κ3) is 7.92. The fourth-order valence-electron chi connectivity index (χ4n) is 1.52. The average molecular weight is 377 g/mol. The minimum Gasteiger partial charge on any atom is -0.494 e. The Morgan fingerprint density at radius 1 is 1.11 bits per heavy atom. The Kier molecular flexibility index (Phi) is 8.36. The molecular formula is C14H20INO3. The fourth-order valence-corrected chi connectivity index (χ4v) is 1.88. The third-order valence-electron chi connectivity index (χ3n) is 2.56. The second-order valence-electron chi connectivity index (χ2n) is 4.10. The van der Waals surface area contributed by atoms with Crippen molar-refractivity contribution in [2.75, 3.05) is 20.3 Å². The number of amides is 1. The van der Waals surface area contributed by atoms with Crippen molar-refractivity contribution in [3.63, 3.8) is 0 Å². The normalized spacial score (nSPS) is 10.0. The van der Waals surface area contributed by atoms with E-state index in [0.29, 0.717) is 6.61 Å². The van der Waals surface area contributed by atoms with E-state index in [4.69, 9.17) is 9.47 Å². The molecule has 1 aromatic rings. The van der Waals surface area contributed by atoms with Crippen LogP contribution in [-0.4, -0.2) is 26.4 Å². The number of rotatable bonds is 8. The molecule has 1 rings (SSSR count). The van der Waals surface area contributed by atoms with Crippen LogP contribution < -0.4 is 10.1 Å². The van der Waals surface area contributed by atoms with Gasteiger partial charge in [0.05, 0.1) is 13.2 Å². The van der Waals surface area contributed by atoms with Gasteiger partial charge < -0.3 is 14.8 Å². The van der Waals surface area contributed by atoms with E-state index in [-0.39, 0.29) is 6.09 Å². The molecule has 0 spiro atoms. The minimum atomic E-state index is -0.359. The molecule has 1 N–H and O–H groups in total. The molecule has 0 saturated carbocycles. The first-order valence-corrected chi connectivity index (χ1v) is 7.53. The molecule has 0 aromatic heterocycles. The van der Waals surface area contributed by atoms with E-state index in [1.807, 2.05) is 24.3 Å². The molecule has 0 unspecified atom stereocenters. The SMILES string of the molecule is CNC(=O)OCCCCCCOc1ccc(I)cc1. The number of carbonyl (C=O) groups is 1. The number of ether oxygens (including phenoxy) is 2. The third-order valence-corrected chi connectivity index (χ3v) is 3.28. The number of carbonyl (C=O) groups excluding carboxylic acids is 1. The van der Waals surface area contributed by atoms with Gasteiger partial charge in [-0.05, 0) is 72.5 Å². The van der Waals surface area contributed by atoms with Crippen molar-refractivity contribution < 1.29 is 14.3 Å². The van der Waals surface area contributed by atoms with Crippen LogP contribution in [0.1, 0.15) is 25.7 Å². The molecule has 19 heavy (non-hydrogen) atoms. The van der Waals surface area contributed by atoms with E-state index in [1.54, 1.807) is 7.05 Å². The highest BCUT2D eigenvalue weighted by Gasteiger charge is 1.97. The van der Waals surface area contributed by atoms with E-state index < -0.39 is 0 Å². The van der Waals surface area contributed by atoms with E-state index in [9.17, 15) is 4.79 Å². The van der Waals surface area contributed by atoms with Crippen molar-refractivity contribution >= 4 is 28.7 Å². The zero-order valence-corrected chi connectivity index (χ0v) is 13.3. The zero-order valence-electron chi connectivity index (χ0n) is 11.2. The second kappa shape index (κ2) is 9.89. The molecule has 0 fully saturated rings. The lowest BCUT2D eigenvalue weighted by molar-refractivity contribution is 0.146. The van der Waals surface area contributed by atoms with Crippen LogP contribution in [-0.2, 0) is 4.74 Å². The number of benzene rings is 1. The summed E-state index contributed by atoms with van der Waals surface area (Å²) in [5, 5.41) is 2.42. The molecular weight excluding hydrogens is 357 g/mol. The van der Waals surface area contributed by atoms with Gasteiger partial charge >= 0.3 is 6.09 Å². The highest BCUT2D eigenvalue weighted by molar-refractivity contribution is 14.1. The molecule has 1 amide bonds. The molecule has 1 aromatic carbocycles. The average Bonchev–Trinajstić information content (AvgIpc) is 2.43. The summed E-state index contributed by atoms with van der Waals surface area (Å²) in [7, 11) is 1.56. The minimum absolute atomic E-state index is 0.359. The lowest BCUT2D eigenvalue weighted by atomic mass is 10.2. The molecule has 0 aliphatic rings. The van der Waals surface area contributed by atoms with Gasteiger partial charge in [0.15, 0.2) is 0 Å². The monoisotopic (exact) mass is 377 g/mol. The summed E-state index contributed by atoms with van der Waals surface area (Å²) in [6, 6.07) is 8.04. The first-order valence-electron chi connectivity index (χ1n) is 6.45. The molecule has 106 valence electrons. The van der Waals surface area contributed by atoms with Crippen molar-refractivity contribution in [1.29, 1.82) is 0 Å². The number of hydrogen-bond acceptors (Lipinski definition) is 3. The van der Waals surface area contributed by atoms with Gasteiger partial charge in [-0.1, -0.05) is 0 Å². The first-order chi connectivity index (χ1) is 9.22. The van der Waals surface area contributed by atoms with Crippen LogP contribution in [0.25, 0.3) is 0 Å². The van der Waals surface area contributed by atoms with E-state index in [1.165, 1.54) is 3.57 Å². The van der Waals surface area contributed by atoms with E-state index >= 15 is 0 Å². The summed E-state index contributed by atoms with van der Waals surface area (Å²) in [6.07, 6.45) is 3.69. The predicted octanol–water partition coefficient (Wildman–Crippen LogP) is 3.59. The zero-order chi connectivity index (χ0) is 13.9. The fraction of sp³-hybridized carbons (Fsp3) is 0.500. The topological polar surface area (TPSA) is 47.6 Å². The van der Waals surface area contributed by atoms with Crippen LogP contribution >= 0.6 is 22.6 Å². The molecule has 5 heteroatoms. The number of alkyl carbamates (subject to hydrolysis) is 1. The van der Waals surface area contributed by atoms with Crippen LogP contribution in [0.4, 0.5) is 4.79 Å². The summed E-state index contributed by atoms with van der Waals surface area (Å²) in [5.74, 6) is 0.920. The summed E-state index contributed by atoms with van der Waals surface area (Å²) in [6.45, 7) is 1.22. The van der Waals surface area contributed by atoms with Crippen molar-refractivity contribution in [3.05, 3.63) is 27.8 Å². The Bertz CT molecular complexity index is 367. The highest BCUT2D eigenvalue weighted by atomic mass is 127. The smallest absolute Gasteiger partial charge is 0.406 e. The predicted molar refractivity (Wildman–Crippen MR) is 83.5 cm³/mol. The summed E-state index contributed by atoms with van der Waals surface area (Å²) < 4.78 is 11.7. The Morgan fingerprint density at radius 3 is 2.37 bits per heavy atom. The Balaban J connectivity index is 1.94. The number of hydrogen-bond donors (Lipinski definition) is 1. The van der Waals surface area contributed by atoms with Crippen molar-refractivity contribution in [3.8, 4) is 5.75 Å². The number of nitrogens with one attached hydrogen (secondary N) is 1. The van der Waals surface area contributed by atoms with Gasteiger partial charge in [0.2, 0.25) is 0 Å². The second-order valence-corrected chi connectivity index (χ2v) is 5.35. The number of halogens is 1. The van der Waals surface area contributed by atoms with Crippen molar-refractivity contribution in [2.24, 2.45) is 0 Å². The van der Waals surface area contributed by atoms with Crippen molar-refractivity contribution in [2.45, 2.75) is 25.7 Å². The molecule has 0 radical (unpaired) electrons. The molecule has 0 aliphatic carbocycles. The first kappa shape index (κ1) is 16.1. The standard InChI is InChI=1S/C14H20INO3/c1-16-14(17)19-11-5-3-2-4-10-18-13-8-6-12(15)7-9-13/h6-9H,2-5,10-11H2,1H3,(H,16,17). The van der Waals surface area contributed by atoms with Gasteiger partial charge in [0.1, 0.15) is 5.75 Å². The molecule has 0 atom stereocenters. The van der Waals surface area contributed by atoms with Gasteiger partial charge in [0, 0.05) is 10.6 Å². The van der Waals surface area contributed by atoms with Gasteiger partial charge in [-0.15, -0.1) is 0 Å². The molecule has 0 bridgehead atoms. The van der Waals surface area contributed by atoms with Gasteiger partial charge in [-0.3, -0.25) is 0 Å². The van der Waals surface area contributed by atoms with Crippen LogP contribution in [0, 0.1) is 3.57 Å². The quantitative estimate of drug-likeness (QED) is 0.557. The van der Waals surface area contributed by atoms with Crippen LogP contribution in [0.2, 0.25) is 0 Å². The lowest BCUT2D eigenvalue weighted by Gasteiger charge is -2.06. The lowest BCUT2D eigenvalue weighted by Crippen LogP contribution is -2.19. The maximum absolute atomic E-state index is 10.8. The number of unbranched alkanes of at least 4 members (excludes halogenated alkanes) is 3. The summed E-state index contributed by atoms with van der Waals surface area (Å²) >= 11 is 2.27. The summed E-state index contributed by atoms with van der Waals surface area (Å²) in [5.41, 5.74) is 0. The molecule has 0 saturated heterocycles. The largest absolute Gasteiger partial charge is 0.494 e. The molecule has 0 aliphatic heterocycles. The Morgan fingerprint density at radius 2 is 1.74 bits per heavy atom. The molecule has 4 nitrogen and oxygen atoms in total. The Hall–Kier alpha value is -0.980.